The molecule has 1 aromatic carbocycles. The molecule has 2 aliphatic heterocycles. The number of aromatic carboxylic acids is 1. The lowest BCUT2D eigenvalue weighted by atomic mass is 10.2. The molecule has 0 aromatic heterocycles. The Bertz CT molecular complexity index is 992. The maximum Gasteiger partial charge on any atom is 0.335 e. The molecule has 2 fully saturated rings. The lowest BCUT2D eigenvalue weighted by Gasteiger charge is -2.30. The number of halogens is 1. The Morgan fingerprint density at radius 1 is 1.30 bits per heavy atom. The standard InChI is InChI=1S/C18H25ClN2O7S2/c19-16-3-2-14(18(22)23)12-17(16)30(26,27)21(15-4-11-29(24,25)13-15)6-1-5-20-7-9-28-10-8-20/h2-3,12,15H,1,4-11,13H2,(H,22,23)/t15-/m1/s1. The minimum absolute atomic E-state index is 0.0734. The topological polar surface area (TPSA) is 121 Å². The Morgan fingerprint density at radius 2 is 2.00 bits per heavy atom. The van der Waals surface area contributed by atoms with E-state index in [4.69, 9.17) is 16.3 Å². The summed E-state index contributed by atoms with van der Waals surface area (Å²) in [6.07, 6.45) is 0.710. The number of rotatable bonds is 8. The van der Waals surface area contributed by atoms with Crippen LogP contribution in [-0.4, -0.2) is 94.1 Å². The predicted octanol–water partition coefficient (Wildman–Crippen LogP) is 0.938. The molecule has 168 valence electrons. The average molecular weight is 481 g/mol. The van der Waals surface area contributed by atoms with Crippen LogP contribution in [0.5, 0.6) is 0 Å². The Balaban J connectivity index is 1.86. The zero-order valence-corrected chi connectivity index (χ0v) is 18.8. The van der Waals surface area contributed by atoms with E-state index in [1.807, 2.05) is 0 Å². The summed E-state index contributed by atoms with van der Waals surface area (Å²) in [5.41, 5.74) is -0.203. The summed E-state index contributed by atoms with van der Waals surface area (Å²) < 4.78 is 57.3. The summed E-state index contributed by atoms with van der Waals surface area (Å²) in [5.74, 6) is -1.60. The SMILES string of the molecule is O=C(O)c1ccc(Cl)c(S(=O)(=O)N(CCCN2CCOCC2)[C@@H]2CCS(=O)(=O)C2)c1. The Hall–Kier alpha value is -1.24. The fourth-order valence-corrected chi connectivity index (χ4v) is 7.76. The van der Waals surface area contributed by atoms with Crippen LogP contribution in [0.25, 0.3) is 0 Å². The van der Waals surface area contributed by atoms with Gasteiger partial charge in [-0.15, -0.1) is 0 Å². The molecule has 12 heteroatoms. The quantitative estimate of drug-likeness (QED) is 0.583. The highest BCUT2D eigenvalue weighted by Crippen LogP contribution is 2.30. The fourth-order valence-electron chi connectivity index (χ4n) is 3.74. The van der Waals surface area contributed by atoms with E-state index in [1.54, 1.807) is 0 Å². The van der Waals surface area contributed by atoms with Gasteiger partial charge in [0.2, 0.25) is 10.0 Å². The average Bonchev–Trinajstić information content (AvgIpc) is 3.05. The minimum atomic E-state index is -4.19. The van der Waals surface area contributed by atoms with Gasteiger partial charge in [0.15, 0.2) is 9.84 Å². The van der Waals surface area contributed by atoms with E-state index in [0.29, 0.717) is 26.2 Å². The maximum absolute atomic E-state index is 13.4. The molecule has 30 heavy (non-hydrogen) atoms. The van der Waals surface area contributed by atoms with Crippen molar-refractivity contribution in [3.05, 3.63) is 28.8 Å². The number of ether oxygens (including phenoxy) is 1. The summed E-state index contributed by atoms with van der Waals surface area (Å²) in [4.78, 5) is 13.1. The van der Waals surface area contributed by atoms with Crippen LogP contribution in [0.4, 0.5) is 0 Å². The smallest absolute Gasteiger partial charge is 0.335 e. The first-order valence-corrected chi connectivity index (χ1v) is 13.3. The number of morpholine rings is 1. The molecular formula is C18H25ClN2O7S2. The second-order valence-corrected chi connectivity index (χ2v) is 11.9. The first kappa shape index (κ1) is 23.4. The van der Waals surface area contributed by atoms with Crippen LogP contribution < -0.4 is 0 Å². The Labute approximate surface area is 181 Å². The van der Waals surface area contributed by atoms with Crippen LogP contribution >= 0.6 is 11.6 Å². The van der Waals surface area contributed by atoms with Gasteiger partial charge >= 0.3 is 5.97 Å². The minimum Gasteiger partial charge on any atom is -0.478 e. The molecule has 1 aromatic rings. The number of hydrogen-bond donors (Lipinski definition) is 1. The summed E-state index contributed by atoms with van der Waals surface area (Å²) >= 11 is 6.11. The lowest BCUT2D eigenvalue weighted by molar-refractivity contribution is 0.0367. The molecule has 2 aliphatic rings. The second kappa shape index (κ2) is 9.49. The molecule has 0 bridgehead atoms. The van der Waals surface area contributed by atoms with E-state index < -0.39 is 31.9 Å². The highest BCUT2D eigenvalue weighted by molar-refractivity contribution is 7.92. The largest absolute Gasteiger partial charge is 0.478 e. The van der Waals surface area contributed by atoms with Crippen LogP contribution in [0.1, 0.15) is 23.2 Å². The number of carboxylic acid groups (broad SMARTS) is 1. The van der Waals surface area contributed by atoms with Gasteiger partial charge in [-0.25, -0.2) is 21.6 Å². The van der Waals surface area contributed by atoms with Crippen LogP contribution in [0.3, 0.4) is 0 Å². The molecule has 0 aliphatic carbocycles. The van der Waals surface area contributed by atoms with Crippen LogP contribution in [0, 0.1) is 0 Å². The number of carboxylic acids is 1. The summed E-state index contributed by atoms with van der Waals surface area (Å²) in [6, 6.07) is 2.79. The highest BCUT2D eigenvalue weighted by Gasteiger charge is 2.39. The molecular weight excluding hydrogens is 456 g/mol. The third kappa shape index (κ3) is 5.51. The predicted molar refractivity (Wildman–Crippen MR) is 111 cm³/mol. The van der Waals surface area contributed by atoms with Crippen LogP contribution in [0.2, 0.25) is 5.02 Å². The number of benzene rings is 1. The van der Waals surface area contributed by atoms with Crippen molar-refractivity contribution in [1.82, 2.24) is 9.21 Å². The molecule has 0 radical (unpaired) electrons. The van der Waals surface area contributed by atoms with Gasteiger partial charge in [0.25, 0.3) is 0 Å². The van der Waals surface area contributed by atoms with E-state index in [0.717, 1.165) is 19.2 Å². The van der Waals surface area contributed by atoms with Gasteiger partial charge in [0, 0.05) is 25.7 Å². The van der Waals surface area contributed by atoms with Crippen LogP contribution in [-0.2, 0) is 24.6 Å². The van der Waals surface area contributed by atoms with E-state index >= 15 is 0 Å². The van der Waals surface area contributed by atoms with Crippen molar-refractivity contribution in [3.8, 4) is 0 Å². The normalized spacial score (nSPS) is 22.4. The van der Waals surface area contributed by atoms with Crippen molar-refractivity contribution in [2.24, 2.45) is 0 Å². The number of nitrogens with zero attached hydrogens (tertiary/aromatic N) is 2. The van der Waals surface area contributed by atoms with Crippen molar-refractivity contribution in [3.63, 3.8) is 0 Å². The van der Waals surface area contributed by atoms with Gasteiger partial charge in [-0.2, -0.15) is 4.31 Å². The zero-order valence-electron chi connectivity index (χ0n) is 16.4. The highest BCUT2D eigenvalue weighted by atomic mass is 35.5. The van der Waals surface area contributed by atoms with E-state index in [1.165, 1.54) is 16.4 Å². The molecule has 0 unspecified atom stereocenters. The number of carbonyl (C=O) groups is 1. The van der Waals surface area contributed by atoms with E-state index in [2.05, 4.69) is 4.90 Å². The first-order valence-electron chi connectivity index (χ1n) is 9.65. The van der Waals surface area contributed by atoms with Crippen molar-refractivity contribution >= 4 is 37.4 Å². The van der Waals surface area contributed by atoms with Crippen molar-refractivity contribution in [2.45, 2.75) is 23.8 Å². The summed E-state index contributed by atoms with van der Waals surface area (Å²) in [7, 11) is -7.51. The molecule has 3 rings (SSSR count). The maximum atomic E-state index is 13.4. The van der Waals surface area contributed by atoms with Crippen molar-refractivity contribution in [2.75, 3.05) is 50.9 Å². The molecule has 1 N–H and O–H groups in total. The van der Waals surface area contributed by atoms with Gasteiger partial charge in [0.1, 0.15) is 4.90 Å². The zero-order chi connectivity index (χ0) is 21.9. The molecule has 2 heterocycles. The number of sulfonamides is 1. The molecule has 1 atom stereocenters. The van der Waals surface area contributed by atoms with Crippen molar-refractivity contribution in [1.29, 1.82) is 0 Å². The Morgan fingerprint density at radius 3 is 2.60 bits per heavy atom. The third-order valence-electron chi connectivity index (χ3n) is 5.34. The fraction of sp³-hybridized carbons (Fsp3) is 0.611. The summed E-state index contributed by atoms with van der Waals surface area (Å²) in [6.45, 7) is 3.54. The number of hydrogen-bond acceptors (Lipinski definition) is 7. The monoisotopic (exact) mass is 480 g/mol. The van der Waals surface area contributed by atoms with Gasteiger partial charge in [-0.1, -0.05) is 11.6 Å². The molecule has 2 saturated heterocycles. The molecule has 0 saturated carbocycles. The Kier molecular flexibility index (Phi) is 7.41. The molecule has 0 amide bonds. The molecule has 0 spiro atoms. The molecule has 9 nitrogen and oxygen atoms in total. The van der Waals surface area contributed by atoms with Gasteiger partial charge in [-0.3, -0.25) is 4.90 Å². The summed E-state index contributed by atoms with van der Waals surface area (Å²) in [5, 5.41) is 9.13. The van der Waals surface area contributed by atoms with Gasteiger partial charge < -0.3 is 9.84 Å². The van der Waals surface area contributed by atoms with Crippen molar-refractivity contribution < 1.29 is 31.5 Å². The van der Waals surface area contributed by atoms with E-state index in [9.17, 15) is 26.7 Å². The number of sulfone groups is 1. The van der Waals surface area contributed by atoms with E-state index in [-0.39, 0.29) is 40.0 Å². The lowest BCUT2D eigenvalue weighted by Crippen LogP contribution is -2.43. The van der Waals surface area contributed by atoms with Gasteiger partial charge in [-0.05, 0) is 37.6 Å². The third-order valence-corrected chi connectivity index (χ3v) is 9.52. The van der Waals surface area contributed by atoms with Gasteiger partial charge in [0.05, 0.1) is 35.3 Å². The van der Waals surface area contributed by atoms with Crippen LogP contribution in [0.15, 0.2) is 23.1 Å². The second-order valence-electron chi connectivity index (χ2n) is 7.43. The first-order chi connectivity index (χ1) is 14.1.